The highest BCUT2D eigenvalue weighted by Gasteiger charge is 2.29. The molecule has 0 bridgehead atoms. The lowest BCUT2D eigenvalue weighted by Gasteiger charge is -2.31. The van der Waals surface area contributed by atoms with Crippen LogP contribution in [0.25, 0.3) is 0 Å². The lowest BCUT2D eigenvalue weighted by molar-refractivity contribution is 0.305. The molecule has 0 saturated heterocycles. The minimum Gasteiger partial charge on any atom is -0.398 e. The highest BCUT2D eigenvalue weighted by molar-refractivity contribution is 7.85. The van der Waals surface area contributed by atoms with Crippen LogP contribution in [0.5, 0.6) is 0 Å². The summed E-state index contributed by atoms with van der Waals surface area (Å²) < 4.78 is 25.8. The summed E-state index contributed by atoms with van der Waals surface area (Å²) in [5.74, 6) is 0.791. The molecule has 1 aliphatic rings. The average molecular weight is 269 g/mol. The van der Waals surface area contributed by atoms with E-state index in [-0.39, 0.29) is 11.1 Å². The van der Waals surface area contributed by atoms with E-state index >= 15 is 0 Å². The van der Waals surface area contributed by atoms with Crippen LogP contribution in [0.1, 0.15) is 33.1 Å². The molecule has 0 amide bonds. The number of anilines is 1. The molecule has 0 spiro atoms. The maximum Gasteiger partial charge on any atom is 0.124 e. The van der Waals surface area contributed by atoms with Gasteiger partial charge in [-0.25, -0.2) is 4.39 Å². The number of hydrogen-bond donors (Lipinski definition) is 1. The van der Waals surface area contributed by atoms with Crippen LogP contribution < -0.4 is 5.73 Å². The molecular weight excluding hydrogens is 249 g/mol. The highest BCUT2D eigenvalue weighted by atomic mass is 32.2. The second-order valence-electron chi connectivity index (χ2n) is 5.52. The van der Waals surface area contributed by atoms with Gasteiger partial charge in [-0.2, -0.15) is 0 Å². The van der Waals surface area contributed by atoms with E-state index in [9.17, 15) is 8.60 Å². The maximum absolute atomic E-state index is 13.2. The second-order valence-corrected chi connectivity index (χ2v) is 7.22. The summed E-state index contributed by atoms with van der Waals surface area (Å²) in [6.45, 7) is 4.38. The molecule has 0 heterocycles. The summed E-state index contributed by atoms with van der Waals surface area (Å²) >= 11 is 0. The van der Waals surface area contributed by atoms with Crippen molar-refractivity contribution in [3.63, 3.8) is 0 Å². The van der Waals surface area contributed by atoms with E-state index in [0.717, 1.165) is 12.8 Å². The van der Waals surface area contributed by atoms with E-state index in [1.165, 1.54) is 24.6 Å². The van der Waals surface area contributed by atoms with Gasteiger partial charge in [-0.15, -0.1) is 0 Å². The third-order valence-electron chi connectivity index (χ3n) is 3.63. The predicted molar refractivity (Wildman–Crippen MR) is 73.2 cm³/mol. The maximum atomic E-state index is 13.2. The Morgan fingerprint density at radius 1 is 1.22 bits per heavy atom. The van der Waals surface area contributed by atoms with Crippen LogP contribution >= 0.6 is 0 Å². The van der Waals surface area contributed by atoms with Crippen LogP contribution in [0.2, 0.25) is 0 Å². The standard InChI is InChI=1S/C14H20FNOS/c1-9-5-10(2)7-12(6-9)18(17)14-8-11(15)3-4-13(14)16/h3-4,8-10,12H,5-7,16H2,1-2H3. The first kappa shape index (κ1) is 13.5. The lowest BCUT2D eigenvalue weighted by Crippen LogP contribution is -2.28. The van der Waals surface area contributed by atoms with E-state index < -0.39 is 10.8 Å². The molecule has 2 nitrogen and oxygen atoms in total. The Bertz CT molecular complexity index is 453. The number of benzene rings is 1. The molecule has 1 fully saturated rings. The van der Waals surface area contributed by atoms with Gasteiger partial charge in [0.1, 0.15) is 5.82 Å². The van der Waals surface area contributed by atoms with E-state index in [4.69, 9.17) is 5.73 Å². The third-order valence-corrected chi connectivity index (χ3v) is 5.41. The fourth-order valence-electron chi connectivity index (χ4n) is 2.91. The number of nitrogens with two attached hydrogens (primary N) is 1. The van der Waals surface area contributed by atoms with Crippen molar-refractivity contribution >= 4 is 16.5 Å². The van der Waals surface area contributed by atoms with Gasteiger partial charge < -0.3 is 5.73 Å². The summed E-state index contributed by atoms with van der Waals surface area (Å²) in [6, 6.07) is 4.12. The molecule has 1 aliphatic carbocycles. The van der Waals surface area contributed by atoms with Crippen molar-refractivity contribution in [2.24, 2.45) is 11.8 Å². The Balaban J connectivity index is 2.22. The summed E-state index contributed by atoms with van der Waals surface area (Å²) in [5, 5.41) is 0.104. The van der Waals surface area contributed by atoms with Crippen molar-refractivity contribution in [1.29, 1.82) is 0 Å². The Hall–Kier alpha value is -0.900. The van der Waals surface area contributed by atoms with E-state index in [1.807, 2.05) is 0 Å². The number of rotatable bonds is 2. The third kappa shape index (κ3) is 2.91. The van der Waals surface area contributed by atoms with Crippen molar-refractivity contribution in [2.45, 2.75) is 43.3 Å². The fraction of sp³-hybridized carbons (Fsp3) is 0.571. The van der Waals surface area contributed by atoms with Crippen molar-refractivity contribution in [3.8, 4) is 0 Å². The predicted octanol–water partition coefficient (Wildman–Crippen LogP) is 3.34. The average Bonchev–Trinajstić information content (AvgIpc) is 2.30. The fourth-order valence-corrected chi connectivity index (χ4v) is 4.80. The van der Waals surface area contributed by atoms with Gasteiger partial charge in [0.05, 0.1) is 15.7 Å². The van der Waals surface area contributed by atoms with Crippen LogP contribution in [-0.2, 0) is 10.8 Å². The molecule has 1 aromatic rings. The largest absolute Gasteiger partial charge is 0.398 e. The molecule has 4 heteroatoms. The van der Waals surface area contributed by atoms with E-state index in [1.54, 1.807) is 0 Å². The zero-order chi connectivity index (χ0) is 13.3. The molecule has 3 atom stereocenters. The first-order valence-electron chi connectivity index (χ1n) is 6.43. The van der Waals surface area contributed by atoms with Crippen LogP contribution in [0.3, 0.4) is 0 Å². The monoisotopic (exact) mass is 269 g/mol. The summed E-state index contributed by atoms with van der Waals surface area (Å²) in [6.07, 6.45) is 3.06. The van der Waals surface area contributed by atoms with Gasteiger partial charge in [-0.05, 0) is 49.3 Å². The molecule has 0 aliphatic heterocycles. The van der Waals surface area contributed by atoms with Crippen LogP contribution in [0.4, 0.5) is 10.1 Å². The van der Waals surface area contributed by atoms with E-state index in [0.29, 0.717) is 22.4 Å². The molecule has 2 rings (SSSR count). The lowest BCUT2D eigenvalue weighted by atomic mass is 9.83. The van der Waals surface area contributed by atoms with Gasteiger partial charge in [-0.1, -0.05) is 13.8 Å². The van der Waals surface area contributed by atoms with Crippen molar-refractivity contribution in [2.75, 3.05) is 5.73 Å². The van der Waals surface area contributed by atoms with Gasteiger partial charge in [0, 0.05) is 10.9 Å². The minimum absolute atomic E-state index is 0.104. The first-order valence-corrected chi connectivity index (χ1v) is 7.64. The SMILES string of the molecule is CC1CC(C)CC(S(=O)c2cc(F)ccc2N)C1. The molecule has 18 heavy (non-hydrogen) atoms. The number of hydrogen-bond acceptors (Lipinski definition) is 2. The van der Waals surface area contributed by atoms with Gasteiger partial charge in [0.15, 0.2) is 0 Å². The zero-order valence-electron chi connectivity index (χ0n) is 10.9. The van der Waals surface area contributed by atoms with Gasteiger partial charge in [0.25, 0.3) is 0 Å². The highest BCUT2D eigenvalue weighted by Crippen LogP contribution is 2.34. The molecule has 1 aromatic carbocycles. The molecule has 3 unspecified atom stereocenters. The smallest absolute Gasteiger partial charge is 0.124 e. The summed E-state index contributed by atoms with van der Waals surface area (Å²) in [5.41, 5.74) is 6.24. The number of halogens is 1. The van der Waals surface area contributed by atoms with Crippen LogP contribution in [0, 0.1) is 17.7 Å². The second kappa shape index (κ2) is 5.39. The molecule has 2 N–H and O–H groups in total. The Labute approximate surface area is 110 Å². The van der Waals surface area contributed by atoms with E-state index in [2.05, 4.69) is 13.8 Å². The van der Waals surface area contributed by atoms with Crippen molar-refractivity contribution in [1.82, 2.24) is 0 Å². The minimum atomic E-state index is -1.20. The van der Waals surface area contributed by atoms with Crippen LogP contribution in [-0.4, -0.2) is 9.46 Å². The van der Waals surface area contributed by atoms with Gasteiger partial charge in [-0.3, -0.25) is 4.21 Å². The zero-order valence-corrected chi connectivity index (χ0v) is 11.7. The molecule has 100 valence electrons. The van der Waals surface area contributed by atoms with Crippen molar-refractivity contribution in [3.05, 3.63) is 24.0 Å². The normalized spacial score (nSPS) is 30.1. The molecule has 0 aromatic heterocycles. The molecule has 1 saturated carbocycles. The topological polar surface area (TPSA) is 43.1 Å². The van der Waals surface area contributed by atoms with Crippen LogP contribution in [0.15, 0.2) is 23.1 Å². The van der Waals surface area contributed by atoms with Crippen molar-refractivity contribution < 1.29 is 8.60 Å². The molecular formula is C14H20FNOS. The summed E-state index contributed by atoms with van der Waals surface area (Å²) in [4.78, 5) is 0.460. The first-order chi connectivity index (χ1) is 8.47. The Kier molecular flexibility index (Phi) is 4.05. The summed E-state index contributed by atoms with van der Waals surface area (Å²) in [7, 11) is -1.20. The Morgan fingerprint density at radius 3 is 2.44 bits per heavy atom. The van der Waals surface area contributed by atoms with Gasteiger partial charge in [0.2, 0.25) is 0 Å². The Morgan fingerprint density at radius 2 is 1.83 bits per heavy atom. The quantitative estimate of drug-likeness (QED) is 0.837. The number of nitrogen functional groups attached to an aromatic ring is 1. The molecule has 0 radical (unpaired) electrons. The van der Waals surface area contributed by atoms with Gasteiger partial charge >= 0.3 is 0 Å².